The van der Waals surface area contributed by atoms with E-state index in [1.165, 1.54) is 0 Å². The molecule has 2 heterocycles. The van der Waals surface area contributed by atoms with Crippen molar-refractivity contribution in [1.82, 2.24) is 14.6 Å². The first kappa shape index (κ1) is 17.4. The van der Waals surface area contributed by atoms with E-state index in [-0.39, 0.29) is 0 Å². The number of nitrogens with two attached hydrogens (primary N) is 1. The summed E-state index contributed by atoms with van der Waals surface area (Å²) in [6, 6.07) is 13.6. The van der Waals surface area contributed by atoms with Gasteiger partial charge in [0.25, 0.3) is 0 Å². The minimum atomic E-state index is 0.536. The topological polar surface area (TPSA) is 74.7 Å². The molecule has 0 saturated heterocycles. The number of ether oxygens (including phenoxy) is 2. The van der Waals surface area contributed by atoms with Gasteiger partial charge >= 0.3 is 0 Å². The molecule has 0 atom stereocenters. The first-order chi connectivity index (χ1) is 13.1. The van der Waals surface area contributed by atoms with Crippen molar-refractivity contribution in [2.24, 2.45) is 0 Å². The quantitative estimate of drug-likeness (QED) is 0.524. The molecule has 4 aromatic rings. The summed E-state index contributed by atoms with van der Waals surface area (Å²) < 4.78 is 13.4. The number of halogens is 1. The Labute approximate surface area is 164 Å². The third-order valence-electron chi connectivity index (χ3n) is 4.41. The van der Waals surface area contributed by atoms with E-state index >= 15 is 0 Å². The van der Waals surface area contributed by atoms with E-state index < -0.39 is 0 Å². The highest BCUT2D eigenvalue weighted by Crippen LogP contribution is 2.35. The van der Waals surface area contributed by atoms with Crippen LogP contribution in [0.25, 0.3) is 27.9 Å². The number of rotatable bonds is 4. The van der Waals surface area contributed by atoms with Gasteiger partial charge in [-0.05, 0) is 35.4 Å². The number of fused-ring (bicyclic) bond motifs is 1. The van der Waals surface area contributed by atoms with Gasteiger partial charge in [-0.2, -0.15) is 9.61 Å². The van der Waals surface area contributed by atoms with Crippen LogP contribution in [0.5, 0.6) is 11.5 Å². The van der Waals surface area contributed by atoms with Crippen molar-refractivity contribution in [3.8, 4) is 33.8 Å². The molecule has 0 aliphatic carbocycles. The van der Waals surface area contributed by atoms with Gasteiger partial charge in [0.15, 0.2) is 17.1 Å². The Bertz CT molecular complexity index is 1120. The maximum absolute atomic E-state index is 6.39. The largest absolute Gasteiger partial charge is 0.493 e. The fourth-order valence-electron chi connectivity index (χ4n) is 3.01. The lowest BCUT2D eigenvalue weighted by Crippen LogP contribution is -2.02. The number of hydrogen-bond acceptors (Lipinski definition) is 5. The molecular weight excluding hydrogens is 408 g/mol. The Morgan fingerprint density at radius 2 is 1.59 bits per heavy atom. The average Bonchev–Trinajstić information content (AvgIpc) is 3.13. The van der Waals surface area contributed by atoms with Gasteiger partial charge in [0.1, 0.15) is 5.82 Å². The molecular formula is C20H17BrN4O2. The summed E-state index contributed by atoms with van der Waals surface area (Å²) in [5.41, 5.74) is 10.7. The first-order valence-electron chi connectivity index (χ1n) is 8.23. The van der Waals surface area contributed by atoms with Gasteiger partial charge in [0.05, 0.1) is 20.4 Å². The predicted octanol–water partition coefficient (Wildman–Crippen LogP) is 4.43. The molecule has 6 nitrogen and oxygen atoms in total. The monoisotopic (exact) mass is 424 g/mol. The zero-order chi connectivity index (χ0) is 19.0. The lowest BCUT2D eigenvalue weighted by atomic mass is 10.1. The van der Waals surface area contributed by atoms with E-state index in [0.717, 1.165) is 26.7 Å². The van der Waals surface area contributed by atoms with Crippen LogP contribution in [-0.2, 0) is 0 Å². The standard InChI is InChI=1S/C20H17BrN4O2/c1-26-17-8-5-13(9-18(17)27-2)16-11-24-25-19(22)15(10-23-20(16)25)12-3-6-14(21)7-4-12/h3-11H,22H2,1-2H3. The minimum absolute atomic E-state index is 0.536. The van der Waals surface area contributed by atoms with Crippen molar-refractivity contribution in [2.45, 2.75) is 0 Å². The number of nitrogen functional groups attached to an aromatic ring is 1. The molecule has 2 aromatic heterocycles. The van der Waals surface area contributed by atoms with E-state index in [9.17, 15) is 0 Å². The van der Waals surface area contributed by atoms with Crippen molar-refractivity contribution < 1.29 is 9.47 Å². The van der Waals surface area contributed by atoms with Crippen LogP contribution in [0.4, 0.5) is 5.82 Å². The van der Waals surface area contributed by atoms with Gasteiger partial charge < -0.3 is 15.2 Å². The lowest BCUT2D eigenvalue weighted by molar-refractivity contribution is 0.355. The third-order valence-corrected chi connectivity index (χ3v) is 4.94. The number of hydrogen-bond donors (Lipinski definition) is 1. The van der Waals surface area contributed by atoms with E-state index in [1.54, 1.807) is 31.1 Å². The molecule has 0 radical (unpaired) electrons. The molecule has 0 saturated carbocycles. The average molecular weight is 425 g/mol. The molecule has 0 fully saturated rings. The van der Waals surface area contributed by atoms with Gasteiger partial charge in [-0.25, -0.2) is 4.98 Å². The second-order valence-electron chi connectivity index (χ2n) is 5.93. The van der Waals surface area contributed by atoms with Crippen LogP contribution in [0.15, 0.2) is 59.3 Å². The summed E-state index contributed by atoms with van der Waals surface area (Å²) in [6.45, 7) is 0. The van der Waals surface area contributed by atoms with Gasteiger partial charge in [-0.3, -0.25) is 0 Å². The molecule has 2 aromatic carbocycles. The summed E-state index contributed by atoms with van der Waals surface area (Å²) in [4.78, 5) is 4.61. The normalized spacial score (nSPS) is 10.9. The molecule has 7 heteroatoms. The highest BCUT2D eigenvalue weighted by Gasteiger charge is 2.15. The molecule has 0 amide bonds. The van der Waals surface area contributed by atoms with E-state index in [0.29, 0.717) is 23.0 Å². The minimum Gasteiger partial charge on any atom is -0.493 e. The first-order valence-corrected chi connectivity index (χ1v) is 9.02. The molecule has 2 N–H and O–H groups in total. The fourth-order valence-corrected chi connectivity index (χ4v) is 3.27. The van der Waals surface area contributed by atoms with Gasteiger partial charge in [-0.15, -0.1) is 0 Å². The predicted molar refractivity (Wildman–Crippen MR) is 109 cm³/mol. The highest BCUT2D eigenvalue weighted by molar-refractivity contribution is 9.10. The van der Waals surface area contributed by atoms with E-state index in [1.807, 2.05) is 42.5 Å². The van der Waals surface area contributed by atoms with Crippen LogP contribution in [0.1, 0.15) is 0 Å². The molecule has 0 unspecified atom stereocenters. The maximum Gasteiger partial charge on any atom is 0.165 e. The van der Waals surface area contributed by atoms with Crippen molar-refractivity contribution in [3.05, 3.63) is 59.3 Å². The Balaban J connectivity index is 1.83. The maximum atomic E-state index is 6.39. The number of nitrogens with zero attached hydrogens (tertiary/aromatic N) is 3. The smallest absolute Gasteiger partial charge is 0.165 e. The van der Waals surface area contributed by atoms with E-state index in [2.05, 4.69) is 26.0 Å². The van der Waals surface area contributed by atoms with Crippen LogP contribution in [0.2, 0.25) is 0 Å². The molecule has 0 bridgehead atoms. The van der Waals surface area contributed by atoms with Crippen molar-refractivity contribution in [1.29, 1.82) is 0 Å². The van der Waals surface area contributed by atoms with Gasteiger partial charge in [-0.1, -0.05) is 34.1 Å². The lowest BCUT2D eigenvalue weighted by Gasteiger charge is -2.10. The Hall–Kier alpha value is -3.06. The van der Waals surface area contributed by atoms with Crippen LogP contribution in [0, 0.1) is 0 Å². The van der Waals surface area contributed by atoms with Crippen molar-refractivity contribution >= 4 is 27.4 Å². The summed E-state index contributed by atoms with van der Waals surface area (Å²) >= 11 is 3.44. The number of anilines is 1. The summed E-state index contributed by atoms with van der Waals surface area (Å²) in [7, 11) is 3.22. The Morgan fingerprint density at radius 1 is 0.889 bits per heavy atom. The summed E-state index contributed by atoms with van der Waals surface area (Å²) in [5, 5.41) is 4.44. The van der Waals surface area contributed by atoms with Crippen molar-refractivity contribution in [2.75, 3.05) is 20.0 Å². The number of aromatic nitrogens is 3. The van der Waals surface area contributed by atoms with Crippen LogP contribution in [0.3, 0.4) is 0 Å². The highest BCUT2D eigenvalue weighted by atomic mass is 79.9. The van der Waals surface area contributed by atoms with Gasteiger partial charge in [0.2, 0.25) is 0 Å². The molecule has 0 aliphatic rings. The van der Waals surface area contributed by atoms with Crippen molar-refractivity contribution in [3.63, 3.8) is 0 Å². The third kappa shape index (κ3) is 3.00. The molecule has 0 aliphatic heterocycles. The summed E-state index contributed by atoms with van der Waals surface area (Å²) in [6.07, 6.45) is 3.53. The second-order valence-corrected chi connectivity index (χ2v) is 6.84. The molecule has 0 spiro atoms. The zero-order valence-corrected chi connectivity index (χ0v) is 16.4. The number of benzene rings is 2. The Kier molecular flexibility index (Phi) is 4.45. The van der Waals surface area contributed by atoms with E-state index in [4.69, 9.17) is 15.2 Å². The number of methoxy groups -OCH3 is 2. The van der Waals surface area contributed by atoms with Crippen LogP contribution >= 0.6 is 15.9 Å². The summed E-state index contributed by atoms with van der Waals surface area (Å²) in [5.74, 6) is 1.85. The Morgan fingerprint density at radius 3 is 2.30 bits per heavy atom. The SMILES string of the molecule is COc1ccc(-c2cnn3c(N)c(-c4ccc(Br)cc4)cnc23)cc1OC. The zero-order valence-electron chi connectivity index (χ0n) is 14.8. The fraction of sp³-hybridized carbons (Fsp3) is 0.100. The van der Waals surface area contributed by atoms with Gasteiger partial charge in [0, 0.05) is 21.8 Å². The second kappa shape index (κ2) is 6.92. The molecule has 27 heavy (non-hydrogen) atoms. The molecule has 4 rings (SSSR count). The van der Waals surface area contributed by atoms with Crippen LogP contribution in [-0.4, -0.2) is 28.8 Å². The molecule has 136 valence electrons. The van der Waals surface area contributed by atoms with Crippen LogP contribution < -0.4 is 15.2 Å².